The smallest absolute Gasteiger partial charge is 0.0434 e. The minimum Gasteiger partial charge on any atom is -0.135 e. The third-order valence-electron chi connectivity index (χ3n) is 9.57. The van der Waals surface area contributed by atoms with Crippen molar-refractivity contribution in [3.05, 3.63) is 175 Å². The zero-order valence-electron chi connectivity index (χ0n) is 26.7. The third kappa shape index (κ3) is 4.75. The van der Waals surface area contributed by atoms with Crippen LogP contribution in [0.2, 0.25) is 0 Å². The van der Waals surface area contributed by atoms with E-state index in [9.17, 15) is 0 Å². The van der Waals surface area contributed by atoms with Crippen molar-refractivity contribution in [2.75, 3.05) is 0 Å². The molecule has 9 rings (SSSR count). The molecular formula is C47H32S. The first-order chi connectivity index (χ1) is 23.8. The normalized spacial score (nSPS) is 12.1. The van der Waals surface area contributed by atoms with Gasteiger partial charge in [0.05, 0.1) is 0 Å². The highest BCUT2D eigenvalue weighted by Crippen LogP contribution is 2.44. The maximum absolute atomic E-state index is 2.37. The SMILES string of the molecule is C/C=C\C=C/c1cc(-c2ccc3cc(-c4cccc5c4sc4ccc6ccccc6c45)ccc3c2)c2ccccc2c1-c1ccccc1. The second kappa shape index (κ2) is 11.8. The van der Waals surface area contributed by atoms with Crippen LogP contribution in [-0.4, -0.2) is 0 Å². The Morgan fingerprint density at radius 1 is 0.458 bits per heavy atom. The summed E-state index contributed by atoms with van der Waals surface area (Å²) in [5, 5.41) is 10.3. The fourth-order valence-corrected chi connectivity index (χ4v) is 8.59. The highest BCUT2D eigenvalue weighted by molar-refractivity contribution is 7.26. The highest BCUT2D eigenvalue weighted by atomic mass is 32.1. The summed E-state index contributed by atoms with van der Waals surface area (Å²) in [7, 11) is 0. The van der Waals surface area contributed by atoms with Gasteiger partial charge in [-0.1, -0.05) is 152 Å². The molecule has 1 heteroatoms. The van der Waals surface area contributed by atoms with Crippen LogP contribution >= 0.6 is 11.3 Å². The number of thiophene rings is 1. The Morgan fingerprint density at radius 2 is 1.12 bits per heavy atom. The molecule has 0 aliphatic heterocycles. The minimum absolute atomic E-state index is 1.22. The monoisotopic (exact) mass is 628 g/mol. The Morgan fingerprint density at radius 3 is 1.92 bits per heavy atom. The fraction of sp³-hybridized carbons (Fsp3) is 0.0213. The summed E-state index contributed by atoms with van der Waals surface area (Å²) in [5.74, 6) is 0. The van der Waals surface area contributed by atoms with Crippen molar-refractivity contribution in [1.29, 1.82) is 0 Å². The van der Waals surface area contributed by atoms with E-state index in [1.165, 1.54) is 91.4 Å². The van der Waals surface area contributed by atoms with Crippen molar-refractivity contribution in [1.82, 2.24) is 0 Å². The molecule has 0 saturated heterocycles. The molecule has 226 valence electrons. The molecule has 0 unspecified atom stereocenters. The highest BCUT2D eigenvalue weighted by Gasteiger charge is 2.16. The van der Waals surface area contributed by atoms with Gasteiger partial charge < -0.3 is 0 Å². The van der Waals surface area contributed by atoms with Crippen LogP contribution in [0.4, 0.5) is 0 Å². The van der Waals surface area contributed by atoms with E-state index in [-0.39, 0.29) is 0 Å². The maximum atomic E-state index is 2.37. The Labute approximate surface area is 284 Å². The van der Waals surface area contributed by atoms with Crippen LogP contribution in [0.25, 0.3) is 91.9 Å². The van der Waals surface area contributed by atoms with Gasteiger partial charge in [-0.2, -0.15) is 0 Å². The molecule has 48 heavy (non-hydrogen) atoms. The van der Waals surface area contributed by atoms with E-state index in [0.29, 0.717) is 0 Å². The summed E-state index contributed by atoms with van der Waals surface area (Å²) in [6, 6.07) is 55.9. The van der Waals surface area contributed by atoms with E-state index in [0.717, 1.165) is 0 Å². The van der Waals surface area contributed by atoms with E-state index in [4.69, 9.17) is 0 Å². The molecule has 0 aliphatic rings. The zero-order valence-corrected chi connectivity index (χ0v) is 27.5. The van der Waals surface area contributed by atoms with Crippen molar-refractivity contribution in [3.63, 3.8) is 0 Å². The van der Waals surface area contributed by atoms with Gasteiger partial charge in [-0.3, -0.25) is 0 Å². The lowest BCUT2D eigenvalue weighted by atomic mass is 9.87. The molecule has 0 fully saturated rings. The average Bonchev–Trinajstić information content (AvgIpc) is 3.54. The number of rotatable bonds is 5. The van der Waals surface area contributed by atoms with E-state index < -0.39 is 0 Å². The lowest BCUT2D eigenvalue weighted by Gasteiger charge is -2.16. The molecule has 0 saturated carbocycles. The summed E-state index contributed by atoms with van der Waals surface area (Å²) in [6.45, 7) is 2.06. The van der Waals surface area contributed by atoms with E-state index in [2.05, 4.69) is 183 Å². The largest absolute Gasteiger partial charge is 0.135 e. The van der Waals surface area contributed by atoms with Crippen molar-refractivity contribution in [3.8, 4) is 33.4 Å². The first-order valence-electron chi connectivity index (χ1n) is 16.5. The van der Waals surface area contributed by atoms with Gasteiger partial charge in [0, 0.05) is 20.2 Å². The summed E-state index contributed by atoms with van der Waals surface area (Å²) < 4.78 is 2.69. The van der Waals surface area contributed by atoms with Gasteiger partial charge in [0.25, 0.3) is 0 Å². The van der Waals surface area contributed by atoms with E-state index in [1.54, 1.807) is 0 Å². The summed E-state index contributed by atoms with van der Waals surface area (Å²) >= 11 is 1.90. The number of hydrogen-bond donors (Lipinski definition) is 0. The second-order valence-corrected chi connectivity index (χ2v) is 13.5. The lowest BCUT2D eigenvalue weighted by Crippen LogP contribution is -1.91. The van der Waals surface area contributed by atoms with Gasteiger partial charge >= 0.3 is 0 Å². The van der Waals surface area contributed by atoms with Crippen LogP contribution in [0.5, 0.6) is 0 Å². The quantitative estimate of drug-likeness (QED) is 0.166. The van der Waals surface area contributed by atoms with Crippen molar-refractivity contribution in [2.24, 2.45) is 0 Å². The molecule has 0 radical (unpaired) electrons. The second-order valence-electron chi connectivity index (χ2n) is 12.4. The predicted octanol–water partition coefficient (Wildman–Crippen LogP) is 14.1. The summed E-state index contributed by atoms with van der Waals surface area (Å²) in [4.78, 5) is 0. The topological polar surface area (TPSA) is 0 Å². The molecule has 0 N–H and O–H groups in total. The maximum Gasteiger partial charge on any atom is 0.0434 e. The molecule has 0 nitrogen and oxygen atoms in total. The standard InChI is InChI=1S/C47H32S/c1-2-3-5-16-37-30-43(40-18-10-11-19-41(40)45(37)32-14-6-4-7-15-32)36-25-23-33-28-35(24-22-34(33)29-36)39-20-12-21-42-46-38-17-9-8-13-31(38)26-27-44(46)48-47(39)42/h2-30H,1H3/b3-2-,16-5-. The van der Waals surface area contributed by atoms with Gasteiger partial charge in [-0.15, -0.1) is 11.3 Å². The number of benzene rings is 8. The van der Waals surface area contributed by atoms with Crippen molar-refractivity contribution in [2.45, 2.75) is 6.92 Å². The Bertz CT molecular complexity index is 2720. The van der Waals surface area contributed by atoms with Gasteiger partial charge in [-0.05, 0) is 102 Å². The molecule has 8 aromatic carbocycles. The minimum atomic E-state index is 1.22. The molecule has 1 heterocycles. The zero-order chi connectivity index (χ0) is 32.0. The molecule has 0 aliphatic carbocycles. The Hall–Kier alpha value is -5.76. The van der Waals surface area contributed by atoms with Crippen molar-refractivity contribution < 1.29 is 0 Å². The molecule has 1 aromatic heterocycles. The molecule has 0 amide bonds. The Balaban J connectivity index is 1.19. The summed E-state index contributed by atoms with van der Waals surface area (Å²) in [6.07, 6.45) is 8.55. The molecule has 0 bridgehead atoms. The van der Waals surface area contributed by atoms with Gasteiger partial charge in [0.15, 0.2) is 0 Å². The van der Waals surface area contributed by atoms with Crippen LogP contribution in [-0.2, 0) is 0 Å². The number of allylic oxidation sites excluding steroid dienone is 3. The van der Waals surface area contributed by atoms with E-state index in [1.807, 2.05) is 11.3 Å². The predicted molar refractivity (Wildman–Crippen MR) is 212 cm³/mol. The molecule has 0 atom stereocenters. The van der Waals surface area contributed by atoms with Crippen LogP contribution in [0.3, 0.4) is 0 Å². The Kier molecular flexibility index (Phi) is 6.99. The van der Waals surface area contributed by atoms with Gasteiger partial charge in [0.1, 0.15) is 0 Å². The average molecular weight is 629 g/mol. The fourth-order valence-electron chi connectivity index (χ4n) is 7.34. The first-order valence-corrected chi connectivity index (χ1v) is 17.4. The molecule has 0 spiro atoms. The van der Waals surface area contributed by atoms with Crippen LogP contribution in [0, 0.1) is 0 Å². The number of fused-ring (bicyclic) bond motifs is 7. The third-order valence-corrected chi connectivity index (χ3v) is 10.8. The van der Waals surface area contributed by atoms with Gasteiger partial charge in [0.2, 0.25) is 0 Å². The number of hydrogen-bond acceptors (Lipinski definition) is 1. The van der Waals surface area contributed by atoms with Crippen LogP contribution in [0.15, 0.2) is 170 Å². The van der Waals surface area contributed by atoms with Crippen molar-refractivity contribution >= 4 is 69.9 Å². The van der Waals surface area contributed by atoms with E-state index >= 15 is 0 Å². The molecule has 9 aromatic rings. The van der Waals surface area contributed by atoms with Gasteiger partial charge in [-0.25, -0.2) is 0 Å². The summed E-state index contributed by atoms with van der Waals surface area (Å²) in [5.41, 5.74) is 8.74. The first kappa shape index (κ1) is 28.5. The van der Waals surface area contributed by atoms with Crippen LogP contribution < -0.4 is 0 Å². The van der Waals surface area contributed by atoms with Crippen LogP contribution in [0.1, 0.15) is 12.5 Å². The lowest BCUT2D eigenvalue weighted by molar-refractivity contribution is 1.61. The molecular weight excluding hydrogens is 597 g/mol.